The van der Waals surface area contributed by atoms with Crippen LogP contribution in [0.5, 0.6) is 0 Å². The second-order valence-electron chi connectivity index (χ2n) is 13.3. The van der Waals surface area contributed by atoms with E-state index >= 15 is 0 Å². The molecule has 4 rings (SSSR count). The van der Waals surface area contributed by atoms with Gasteiger partial charge in [-0.25, -0.2) is 0 Å². The quantitative estimate of drug-likeness (QED) is 0.158. The van der Waals surface area contributed by atoms with Crippen LogP contribution >= 0.6 is 0 Å². The average Bonchev–Trinajstić information content (AvgIpc) is 3.53. The fourth-order valence-electron chi connectivity index (χ4n) is 7.98. The van der Waals surface area contributed by atoms with Crippen molar-refractivity contribution < 1.29 is 29.0 Å². The molecule has 9 heteroatoms. The number of likely N-dealkylation sites (tertiary alicyclic amines) is 1. The molecule has 3 aliphatic heterocycles. The van der Waals surface area contributed by atoms with Crippen LogP contribution < -0.4 is 9.80 Å². The third-order valence-corrected chi connectivity index (χ3v) is 10.5. The van der Waals surface area contributed by atoms with Gasteiger partial charge in [-0.05, 0) is 82.6 Å². The summed E-state index contributed by atoms with van der Waals surface area (Å²) in [4.78, 5) is 48.7. The van der Waals surface area contributed by atoms with Gasteiger partial charge in [0, 0.05) is 31.0 Å². The number of carbonyl (C=O) groups excluding carboxylic acids is 3. The summed E-state index contributed by atoms with van der Waals surface area (Å²) >= 11 is 0. The summed E-state index contributed by atoms with van der Waals surface area (Å²) in [5.74, 6) is -3.11. The fourth-order valence-corrected chi connectivity index (χ4v) is 7.98. The lowest BCUT2D eigenvalue weighted by molar-refractivity contribution is -0.163. The number of nitrogens with zero attached hydrogens (tertiary/aromatic N) is 3. The highest BCUT2D eigenvalue weighted by molar-refractivity contribution is 6.05. The number of ether oxygens (including phenoxy) is 2. The predicted molar refractivity (Wildman–Crippen MR) is 177 cm³/mol. The molecule has 3 fully saturated rings. The molecule has 1 aromatic carbocycles. The Morgan fingerprint density at radius 3 is 2.33 bits per heavy atom. The number of anilines is 2. The van der Waals surface area contributed by atoms with Crippen LogP contribution in [0.15, 0.2) is 49.6 Å². The van der Waals surface area contributed by atoms with Crippen molar-refractivity contribution in [3.05, 3.63) is 49.6 Å². The summed E-state index contributed by atoms with van der Waals surface area (Å²) in [6, 6.07) is 6.16. The van der Waals surface area contributed by atoms with Crippen LogP contribution in [0, 0.1) is 23.7 Å². The largest absolute Gasteiger partial charge is 0.465 e. The number of amides is 2. The van der Waals surface area contributed by atoms with E-state index in [0.29, 0.717) is 18.5 Å². The molecule has 7 atom stereocenters. The van der Waals surface area contributed by atoms with E-state index in [-0.39, 0.29) is 43.4 Å². The topological polar surface area (TPSA) is 99.6 Å². The Balaban J connectivity index is 1.77. The summed E-state index contributed by atoms with van der Waals surface area (Å²) in [6.45, 7) is 21.5. The number of fused-ring (bicyclic) bond motifs is 1. The van der Waals surface area contributed by atoms with Crippen molar-refractivity contribution in [3.8, 4) is 0 Å². The zero-order valence-electron chi connectivity index (χ0n) is 28.0. The second-order valence-corrected chi connectivity index (χ2v) is 13.3. The van der Waals surface area contributed by atoms with E-state index in [4.69, 9.17) is 9.47 Å². The second kappa shape index (κ2) is 14.1. The lowest BCUT2D eigenvalue weighted by atomic mass is 9.62. The molecule has 3 unspecified atom stereocenters. The normalized spacial score (nSPS) is 29.1. The molecule has 0 saturated carbocycles. The van der Waals surface area contributed by atoms with Gasteiger partial charge in [-0.2, -0.15) is 0 Å². The Hall–Kier alpha value is -3.17. The van der Waals surface area contributed by atoms with E-state index in [0.717, 1.165) is 31.6 Å². The van der Waals surface area contributed by atoms with E-state index in [9.17, 15) is 19.5 Å². The van der Waals surface area contributed by atoms with Crippen molar-refractivity contribution in [1.29, 1.82) is 0 Å². The molecule has 0 aromatic heterocycles. The first kappa shape index (κ1) is 34.7. The molecule has 1 N–H and O–H groups in total. The molecule has 3 aliphatic rings. The van der Waals surface area contributed by atoms with Crippen molar-refractivity contribution in [2.45, 2.75) is 90.5 Å². The van der Waals surface area contributed by atoms with Gasteiger partial charge in [0.15, 0.2) is 0 Å². The number of aliphatic hydroxyl groups excluding tert-OH is 1. The van der Waals surface area contributed by atoms with Gasteiger partial charge in [0.1, 0.15) is 17.6 Å². The number of carbonyl (C=O) groups is 3. The van der Waals surface area contributed by atoms with Crippen LogP contribution in [-0.2, 0) is 23.9 Å². The molecule has 0 aliphatic carbocycles. The van der Waals surface area contributed by atoms with Gasteiger partial charge in [0.05, 0.1) is 30.8 Å². The highest BCUT2D eigenvalue weighted by Crippen LogP contribution is 2.66. The lowest BCUT2D eigenvalue weighted by Crippen LogP contribution is -2.60. The third-order valence-electron chi connectivity index (χ3n) is 10.5. The minimum absolute atomic E-state index is 0.108. The number of hydrogen-bond acceptors (Lipinski definition) is 7. The highest BCUT2D eigenvalue weighted by Gasteiger charge is 2.81. The van der Waals surface area contributed by atoms with E-state index in [1.165, 1.54) is 0 Å². The van der Waals surface area contributed by atoms with Gasteiger partial charge in [-0.3, -0.25) is 14.4 Å². The van der Waals surface area contributed by atoms with Crippen LogP contribution in [0.1, 0.15) is 67.2 Å². The molecule has 3 heterocycles. The molecule has 248 valence electrons. The molecule has 0 radical (unpaired) electrons. The SMILES string of the molecule is C=CCCCCOC(=O)[C@H]1[C@H]2C(=O)N([C@@H](CO)C(C)C)C(C(=O)N(CC=C)c3ccc(N(CC)CC)cc3)C23CC(C)[C@]1(C)O3. The molecule has 2 amide bonds. The van der Waals surface area contributed by atoms with E-state index < -0.39 is 41.1 Å². The number of hydrogen-bond donors (Lipinski definition) is 1. The van der Waals surface area contributed by atoms with Gasteiger partial charge >= 0.3 is 5.97 Å². The molecular weight excluding hydrogens is 570 g/mol. The maximum Gasteiger partial charge on any atom is 0.312 e. The highest BCUT2D eigenvalue weighted by atomic mass is 16.6. The smallest absolute Gasteiger partial charge is 0.312 e. The van der Waals surface area contributed by atoms with Crippen LogP contribution in [0.3, 0.4) is 0 Å². The minimum atomic E-state index is -1.24. The van der Waals surface area contributed by atoms with Crippen molar-refractivity contribution in [2.75, 3.05) is 42.6 Å². The van der Waals surface area contributed by atoms with Gasteiger partial charge in [-0.15, -0.1) is 13.2 Å². The minimum Gasteiger partial charge on any atom is -0.465 e. The molecular formula is C36H53N3O6. The van der Waals surface area contributed by atoms with Gasteiger partial charge in [0.2, 0.25) is 5.91 Å². The zero-order valence-corrected chi connectivity index (χ0v) is 28.0. The molecule has 3 saturated heterocycles. The van der Waals surface area contributed by atoms with Gasteiger partial charge in [-0.1, -0.05) is 32.9 Å². The van der Waals surface area contributed by atoms with E-state index in [1.54, 1.807) is 15.9 Å². The maximum absolute atomic E-state index is 14.9. The van der Waals surface area contributed by atoms with Gasteiger partial charge in [0.25, 0.3) is 5.91 Å². The number of rotatable bonds is 16. The number of benzene rings is 1. The van der Waals surface area contributed by atoms with Crippen molar-refractivity contribution in [2.24, 2.45) is 23.7 Å². The first-order chi connectivity index (χ1) is 21.5. The third kappa shape index (κ3) is 5.94. The molecule has 9 nitrogen and oxygen atoms in total. The van der Waals surface area contributed by atoms with Crippen molar-refractivity contribution >= 4 is 29.2 Å². The summed E-state index contributed by atoms with van der Waals surface area (Å²) in [6.07, 6.45) is 6.32. The molecule has 45 heavy (non-hydrogen) atoms. The molecule has 1 aromatic rings. The summed E-state index contributed by atoms with van der Waals surface area (Å²) in [5.41, 5.74) is -0.478. The standard InChI is InChI=1S/C36H53N3O6/c1-9-13-14-15-21-44-34(43)30-29-32(41)39(28(23-40)24(5)6)31(36(29)22-25(7)35(30,8)45-36)33(42)38(20-10-2)27-18-16-26(17-19-27)37(11-3)12-4/h9-10,16-19,24-25,28-31,40H,1-2,11-15,20-23H2,3-8H3/t25?,28-,29-,30+,31?,35-,36?/m0/s1. The van der Waals surface area contributed by atoms with Crippen LogP contribution in [-0.4, -0.2) is 83.9 Å². The summed E-state index contributed by atoms with van der Waals surface area (Å²) in [7, 11) is 0. The number of allylic oxidation sites excluding steroid dienone is 1. The van der Waals surface area contributed by atoms with E-state index in [2.05, 4.69) is 31.9 Å². The Labute approximate surface area is 269 Å². The Morgan fingerprint density at radius 1 is 1.13 bits per heavy atom. The van der Waals surface area contributed by atoms with Crippen LogP contribution in [0.2, 0.25) is 0 Å². The Bertz CT molecular complexity index is 1250. The van der Waals surface area contributed by atoms with Crippen molar-refractivity contribution in [1.82, 2.24) is 4.90 Å². The average molecular weight is 624 g/mol. The lowest BCUT2D eigenvalue weighted by Gasteiger charge is -2.40. The van der Waals surface area contributed by atoms with Crippen molar-refractivity contribution in [3.63, 3.8) is 0 Å². The number of aliphatic hydroxyl groups is 1. The molecule has 2 bridgehead atoms. The monoisotopic (exact) mass is 623 g/mol. The fraction of sp³-hybridized carbons (Fsp3) is 0.639. The van der Waals surface area contributed by atoms with Crippen LogP contribution in [0.25, 0.3) is 0 Å². The van der Waals surface area contributed by atoms with E-state index in [1.807, 2.05) is 58.0 Å². The summed E-state index contributed by atoms with van der Waals surface area (Å²) in [5, 5.41) is 10.6. The van der Waals surface area contributed by atoms with Crippen LogP contribution in [0.4, 0.5) is 11.4 Å². The molecule has 1 spiro atoms. The van der Waals surface area contributed by atoms with Gasteiger partial charge < -0.3 is 29.3 Å². The Morgan fingerprint density at radius 2 is 1.78 bits per heavy atom. The first-order valence-electron chi connectivity index (χ1n) is 16.6. The first-order valence-corrected chi connectivity index (χ1v) is 16.6. The summed E-state index contributed by atoms with van der Waals surface area (Å²) < 4.78 is 12.7. The predicted octanol–water partition coefficient (Wildman–Crippen LogP) is 4.98. The Kier molecular flexibility index (Phi) is 10.9. The number of esters is 1. The maximum atomic E-state index is 14.9. The number of unbranched alkanes of at least 4 members (excludes halogenated alkanes) is 2. The zero-order chi connectivity index (χ0) is 33.1.